The highest BCUT2D eigenvalue weighted by Gasteiger charge is 2.14. The Balaban J connectivity index is 1.70. The first-order valence-corrected chi connectivity index (χ1v) is 9.58. The molecular formula is C16H14ClN3O4S2. The van der Waals surface area contributed by atoms with E-state index in [1.165, 1.54) is 25.6 Å². The number of aromatic nitrogens is 2. The van der Waals surface area contributed by atoms with Crippen molar-refractivity contribution in [3.05, 3.63) is 39.0 Å². The zero-order valence-corrected chi connectivity index (χ0v) is 16.2. The zero-order chi connectivity index (χ0) is 18.7. The van der Waals surface area contributed by atoms with Crippen LogP contribution in [0.15, 0.2) is 33.5 Å². The fourth-order valence-corrected chi connectivity index (χ4v) is 3.83. The Bertz CT molecular complexity index is 1020. The summed E-state index contributed by atoms with van der Waals surface area (Å²) in [5.41, 5.74) is 0.834. The number of halogens is 1. The lowest BCUT2D eigenvalue weighted by Gasteiger charge is -2.13. The monoisotopic (exact) mass is 411 g/mol. The van der Waals surface area contributed by atoms with E-state index in [1.807, 2.05) is 0 Å². The molecule has 2 heterocycles. The number of benzene rings is 1. The van der Waals surface area contributed by atoms with Gasteiger partial charge in [-0.2, -0.15) is 0 Å². The summed E-state index contributed by atoms with van der Waals surface area (Å²) in [7, 11) is 2.98. The van der Waals surface area contributed by atoms with Crippen LogP contribution >= 0.6 is 34.7 Å². The highest BCUT2D eigenvalue weighted by molar-refractivity contribution is 7.99. The first-order valence-electron chi connectivity index (χ1n) is 7.33. The third-order valence-corrected chi connectivity index (χ3v) is 5.45. The molecule has 0 bridgehead atoms. The summed E-state index contributed by atoms with van der Waals surface area (Å²) in [5.74, 6) is 0.644. The van der Waals surface area contributed by atoms with Crippen molar-refractivity contribution in [2.24, 2.45) is 0 Å². The lowest BCUT2D eigenvalue weighted by atomic mass is 10.2. The average molecular weight is 412 g/mol. The van der Waals surface area contributed by atoms with Crippen LogP contribution in [0.5, 0.6) is 11.5 Å². The Hall–Kier alpha value is -2.23. The summed E-state index contributed by atoms with van der Waals surface area (Å²) in [5, 5.41) is 5.26. The smallest absolute Gasteiger partial charge is 0.269 e. The van der Waals surface area contributed by atoms with Crippen LogP contribution < -0.4 is 20.3 Å². The second kappa shape index (κ2) is 7.98. The molecule has 3 rings (SSSR count). The van der Waals surface area contributed by atoms with Gasteiger partial charge in [-0.3, -0.25) is 9.59 Å². The first-order chi connectivity index (χ1) is 12.5. The van der Waals surface area contributed by atoms with Crippen molar-refractivity contribution in [3.63, 3.8) is 0 Å². The van der Waals surface area contributed by atoms with E-state index >= 15 is 0 Å². The molecule has 0 spiro atoms. The topological polar surface area (TPSA) is 93.3 Å². The van der Waals surface area contributed by atoms with Gasteiger partial charge in [0.25, 0.3) is 5.56 Å². The molecule has 1 aromatic carbocycles. The SMILES string of the molecule is COc1cc(OC)c(NC(=O)CSc2nc3ccsc3c(=O)[nH]2)cc1Cl. The van der Waals surface area contributed by atoms with Crippen molar-refractivity contribution in [1.82, 2.24) is 9.97 Å². The molecule has 26 heavy (non-hydrogen) atoms. The van der Waals surface area contributed by atoms with Crippen molar-refractivity contribution in [1.29, 1.82) is 0 Å². The van der Waals surface area contributed by atoms with E-state index in [9.17, 15) is 9.59 Å². The van der Waals surface area contributed by atoms with Crippen LogP contribution in [-0.4, -0.2) is 35.8 Å². The fourth-order valence-electron chi connectivity index (χ4n) is 2.20. The number of H-pyrrole nitrogens is 1. The fraction of sp³-hybridized carbons (Fsp3) is 0.188. The maximum Gasteiger partial charge on any atom is 0.269 e. The normalized spacial score (nSPS) is 10.7. The van der Waals surface area contributed by atoms with Crippen LogP contribution in [-0.2, 0) is 4.79 Å². The largest absolute Gasteiger partial charge is 0.495 e. The van der Waals surface area contributed by atoms with E-state index in [-0.39, 0.29) is 17.2 Å². The molecule has 10 heteroatoms. The zero-order valence-electron chi connectivity index (χ0n) is 13.8. The minimum absolute atomic E-state index is 0.0609. The molecule has 0 atom stereocenters. The van der Waals surface area contributed by atoms with E-state index in [0.29, 0.717) is 37.6 Å². The van der Waals surface area contributed by atoms with Gasteiger partial charge in [-0.25, -0.2) is 4.98 Å². The Morgan fingerprint density at radius 2 is 2.12 bits per heavy atom. The number of ether oxygens (including phenoxy) is 2. The predicted octanol–water partition coefficient (Wildman–Crippen LogP) is 3.39. The van der Waals surface area contributed by atoms with Crippen LogP contribution in [0, 0.1) is 0 Å². The number of anilines is 1. The van der Waals surface area contributed by atoms with Crippen LogP contribution in [0.4, 0.5) is 5.69 Å². The number of nitrogens with zero attached hydrogens (tertiary/aromatic N) is 1. The number of amides is 1. The van der Waals surface area contributed by atoms with E-state index in [1.54, 1.807) is 23.6 Å². The van der Waals surface area contributed by atoms with Gasteiger partial charge in [0, 0.05) is 6.07 Å². The number of hydrogen-bond donors (Lipinski definition) is 2. The van der Waals surface area contributed by atoms with E-state index < -0.39 is 0 Å². The van der Waals surface area contributed by atoms with Gasteiger partial charge in [0.2, 0.25) is 5.91 Å². The Morgan fingerprint density at radius 1 is 1.35 bits per heavy atom. The van der Waals surface area contributed by atoms with Crippen LogP contribution in [0.25, 0.3) is 10.2 Å². The molecule has 3 aromatic rings. The number of aromatic amines is 1. The van der Waals surface area contributed by atoms with Gasteiger partial charge >= 0.3 is 0 Å². The van der Waals surface area contributed by atoms with Gasteiger partial charge in [0.1, 0.15) is 16.2 Å². The molecule has 0 saturated carbocycles. The molecule has 7 nitrogen and oxygen atoms in total. The summed E-state index contributed by atoms with van der Waals surface area (Å²) in [4.78, 5) is 31.2. The number of carbonyl (C=O) groups is 1. The lowest BCUT2D eigenvalue weighted by Crippen LogP contribution is -2.16. The number of thiophene rings is 1. The van der Waals surface area contributed by atoms with Gasteiger partial charge in [0.15, 0.2) is 5.16 Å². The molecule has 0 unspecified atom stereocenters. The average Bonchev–Trinajstić information content (AvgIpc) is 3.09. The molecule has 0 radical (unpaired) electrons. The van der Waals surface area contributed by atoms with Crippen LogP contribution in [0.1, 0.15) is 0 Å². The number of carbonyl (C=O) groups excluding carboxylic acids is 1. The van der Waals surface area contributed by atoms with Crippen LogP contribution in [0.2, 0.25) is 5.02 Å². The number of nitrogens with one attached hydrogen (secondary N) is 2. The molecular weight excluding hydrogens is 398 g/mol. The Labute approximate surface area is 161 Å². The van der Waals surface area contributed by atoms with E-state index in [2.05, 4.69) is 15.3 Å². The first kappa shape index (κ1) is 18.6. The van der Waals surface area contributed by atoms with Gasteiger partial charge in [-0.15, -0.1) is 11.3 Å². The van der Waals surface area contributed by atoms with Gasteiger partial charge in [0.05, 0.1) is 36.2 Å². The Kier molecular flexibility index (Phi) is 5.70. The summed E-state index contributed by atoms with van der Waals surface area (Å²) < 4.78 is 10.9. The standard InChI is InChI=1S/C16H14ClN3O4S2/c1-23-11-6-12(24-2)10(5-8(11)17)18-13(21)7-26-16-19-9-3-4-25-14(9)15(22)20-16/h3-6H,7H2,1-2H3,(H,18,21)(H,19,20,22). The van der Waals surface area contributed by atoms with Crippen molar-refractivity contribution in [2.45, 2.75) is 5.16 Å². The molecule has 2 N–H and O–H groups in total. The quantitative estimate of drug-likeness (QED) is 0.477. The molecule has 1 amide bonds. The van der Waals surface area contributed by atoms with Gasteiger partial charge in [-0.1, -0.05) is 23.4 Å². The van der Waals surface area contributed by atoms with Crippen molar-refractivity contribution < 1.29 is 14.3 Å². The van der Waals surface area contributed by atoms with Gasteiger partial charge < -0.3 is 19.8 Å². The number of methoxy groups -OCH3 is 2. The lowest BCUT2D eigenvalue weighted by molar-refractivity contribution is -0.113. The maximum atomic E-state index is 12.2. The van der Waals surface area contributed by atoms with Crippen molar-refractivity contribution in [2.75, 3.05) is 25.3 Å². The minimum Gasteiger partial charge on any atom is -0.495 e. The molecule has 0 fully saturated rings. The van der Waals surface area contributed by atoms with Gasteiger partial charge in [-0.05, 0) is 17.5 Å². The third kappa shape index (κ3) is 3.95. The van der Waals surface area contributed by atoms with E-state index in [0.717, 1.165) is 11.8 Å². The molecule has 136 valence electrons. The number of hydrogen-bond acceptors (Lipinski definition) is 7. The molecule has 0 aliphatic heterocycles. The highest BCUT2D eigenvalue weighted by Crippen LogP contribution is 2.36. The third-order valence-electron chi connectivity index (χ3n) is 3.38. The summed E-state index contributed by atoms with van der Waals surface area (Å²) in [6.45, 7) is 0. The minimum atomic E-state index is -0.289. The maximum absolute atomic E-state index is 12.2. The van der Waals surface area contributed by atoms with E-state index in [4.69, 9.17) is 21.1 Å². The second-order valence-electron chi connectivity index (χ2n) is 5.03. The summed E-state index contributed by atoms with van der Waals surface area (Å²) in [6.07, 6.45) is 0. The molecule has 0 aliphatic rings. The summed E-state index contributed by atoms with van der Waals surface area (Å²) in [6, 6.07) is 4.91. The Morgan fingerprint density at radius 3 is 2.85 bits per heavy atom. The number of thioether (sulfide) groups is 1. The molecule has 0 aliphatic carbocycles. The highest BCUT2D eigenvalue weighted by atomic mass is 35.5. The van der Waals surface area contributed by atoms with Crippen LogP contribution in [0.3, 0.4) is 0 Å². The number of rotatable bonds is 6. The second-order valence-corrected chi connectivity index (χ2v) is 7.32. The molecule has 2 aromatic heterocycles. The summed E-state index contributed by atoms with van der Waals surface area (Å²) >= 11 is 8.55. The molecule has 0 saturated heterocycles. The predicted molar refractivity (Wildman–Crippen MR) is 104 cm³/mol. The number of fused-ring (bicyclic) bond motifs is 1. The van der Waals surface area contributed by atoms with Crippen molar-refractivity contribution in [3.8, 4) is 11.5 Å². The van der Waals surface area contributed by atoms with Crippen molar-refractivity contribution >= 4 is 56.5 Å².